The van der Waals surface area contributed by atoms with Crippen LogP contribution in [0.1, 0.15) is 43.5 Å². The third-order valence-corrected chi connectivity index (χ3v) is 3.71. The Morgan fingerprint density at radius 2 is 2.00 bits per heavy atom. The number of rotatable bonds is 6. The molecule has 1 fully saturated rings. The molecule has 0 spiro atoms. The number of carbonyl (C=O) groups excluding carboxylic acids is 1. The summed E-state index contributed by atoms with van der Waals surface area (Å²) in [4.78, 5) is 14.3. The third kappa shape index (κ3) is 4.91. The van der Waals surface area contributed by atoms with Gasteiger partial charge >= 0.3 is 5.97 Å². The van der Waals surface area contributed by atoms with Gasteiger partial charge in [0.1, 0.15) is 12.4 Å². The molecule has 1 saturated heterocycles. The normalized spacial score (nSPS) is 15.8. The number of nitrogen functional groups attached to an aromatic ring is 1. The van der Waals surface area contributed by atoms with Gasteiger partial charge in [0.15, 0.2) is 0 Å². The van der Waals surface area contributed by atoms with Crippen molar-refractivity contribution in [1.29, 1.82) is 0 Å². The van der Waals surface area contributed by atoms with Crippen LogP contribution in [-0.4, -0.2) is 43.2 Å². The SMILES string of the molecule is CC(C)OC(=O)c1ccc(N)c(OCCN2CCCCC2)c1. The summed E-state index contributed by atoms with van der Waals surface area (Å²) in [6.45, 7) is 7.39. The molecule has 1 aromatic rings. The molecule has 0 atom stereocenters. The quantitative estimate of drug-likeness (QED) is 0.646. The van der Waals surface area contributed by atoms with E-state index in [1.807, 2.05) is 13.8 Å². The standard InChI is InChI=1S/C17H26N2O3/c1-13(2)22-17(20)14-6-7-15(18)16(12-14)21-11-10-19-8-4-3-5-9-19/h6-7,12-13H,3-5,8-11,18H2,1-2H3. The number of benzene rings is 1. The zero-order chi connectivity index (χ0) is 15.9. The van der Waals surface area contributed by atoms with E-state index in [0.29, 0.717) is 23.6 Å². The van der Waals surface area contributed by atoms with Gasteiger partial charge in [-0.15, -0.1) is 0 Å². The molecular formula is C17H26N2O3. The lowest BCUT2D eigenvalue weighted by Gasteiger charge is -2.26. The molecule has 0 saturated carbocycles. The number of nitrogens with zero attached hydrogens (tertiary/aromatic N) is 1. The van der Waals surface area contributed by atoms with E-state index in [4.69, 9.17) is 15.2 Å². The van der Waals surface area contributed by atoms with Crippen LogP contribution in [0.2, 0.25) is 0 Å². The van der Waals surface area contributed by atoms with Gasteiger partial charge < -0.3 is 15.2 Å². The molecule has 0 amide bonds. The summed E-state index contributed by atoms with van der Waals surface area (Å²) in [5.41, 5.74) is 6.93. The average Bonchev–Trinajstić information content (AvgIpc) is 2.49. The molecule has 2 N–H and O–H groups in total. The summed E-state index contributed by atoms with van der Waals surface area (Å²) in [5.74, 6) is 0.200. The number of hydrogen-bond donors (Lipinski definition) is 1. The minimum absolute atomic E-state index is 0.145. The predicted molar refractivity (Wildman–Crippen MR) is 87.2 cm³/mol. The molecule has 1 heterocycles. The number of esters is 1. The van der Waals surface area contributed by atoms with Gasteiger partial charge in [0.25, 0.3) is 0 Å². The van der Waals surface area contributed by atoms with Crippen LogP contribution in [0.15, 0.2) is 18.2 Å². The van der Waals surface area contributed by atoms with Crippen molar-refractivity contribution < 1.29 is 14.3 Å². The lowest BCUT2D eigenvalue weighted by molar-refractivity contribution is 0.0377. The third-order valence-electron chi connectivity index (χ3n) is 3.71. The lowest BCUT2D eigenvalue weighted by atomic mass is 10.1. The number of carbonyl (C=O) groups is 1. The van der Waals surface area contributed by atoms with Crippen LogP contribution in [0, 0.1) is 0 Å². The topological polar surface area (TPSA) is 64.8 Å². The Kier molecular flexibility index (Phi) is 6.07. The molecule has 2 rings (SSSR count). The van der Waals surface area contributed by atoms with Gasteiger partial charge in [0, 0.05) is 6.54 Å². The van der Waals surface area contributed by atoms with Crippen LogP contribution in [0.3, 0.4) is 0 Å². The van der Waals surface area contributed by atoms with E-state index in [1.54, 1.807) is 18.2 Å². The molecule has 0 bridgehead atoms. The minimum Gasteiger partial charge on any atom is -0.490 e. The summed E-state index contributed by atoms with van der Waals surface area (Å²) in [7, 11) is 0. The summed E-state index contributed by atoms with van der Waals surface area (Å²) in [5, 5.41) is 0. The Bertz CT molecular complexity index is 497. The molecule has 0 radical (unpaired) electrons. The maximum absolute atomic E-state index is 11.9. The predicted octanol–water partition coefficient (Wildman–Crippen LogP) is 2.70. The Balaban J connectivity index is 1.90. The first kappa shape index (κ1) is 16.6. The fraction of sp³-hybridized carbons (Fsp3) is 0.588. The van der Waals surface area contributed by atoms with Crippen LogP contribution >= 0.6 is 0 Å². The van der Waals surface area contributed by atoms with Gasteiger partial charge in [0.05, 0.1) is 17.4 Å². The van der Waals surface area contributed by atoms with Crippen molar-refractivity contribution in [3.05, 3.63) is 23.8 Å². The Labute approximate surface area is 132 Å². The molecule has 122 valence electrons. The minimum atomic E-state index is -0.351. The van der Waals surface area contributed by atoms with Crippen molar-refractivity contribution in [3.63, 3.8) is 0 Å². The molecule has 5 heteroatoms. The summed E-state index contributed by atoms with van der Waals surface area (Å²) >= 11 is 0. The zero-order valence-corrected chi connectivity index (χ0v) is 13.5. The van der Waals surface area contributed by atoms with Gasteiger partial charge in [-0.1, -0.05) is 6.42 Å². The second-order valence-electron chi connectivity index (χ2n) is 5.96. The highest BCUT2D eigenvalue weighted by Gasteiger charge is 2.13. The van der Waals surface area contributed by atoms with Gasteiger partial charge in [0.2, 0.25) is 0 Å². The number of likely N-dealkylation sites (tertiary alicyclic amines) is 1. The van der Waals surface area contributed by atoms with Crippen LogP contribution in [0.4, 0.5) is 5.69 Å². The average molecular weight is 306 g/mol. The number of hydrogen-bond acceptors (Lipinski definition) is 5. The highest BCUT2D eigenvalue weighted by molar-refractivity contribution is 5.90. The van der Waals surface area contributed by atoms with E-state index in [-0.39, 0.29) is 12.1 Å². The number of ether oxygens (including phenoxy) is 2. The highest BCUT2D eigenvalue weighted by Crippen LogP contribution is 2.23. The van der Waals surface area contributed by atoms with E-state index in [2.05, 4.69) is 4.90 Å². The van der Waals surface area contributed by atoms with Crippen molar-refractivity contribution >= 4 is 11.7 Å². The van der Waals surface area contributed by atoms with Crippen LogP contribution in [-0.2, 0) is 4.74 Å². The fourth-order valence-electron chi connectivity index (χ4n) is 2.54. The Morgan fingerprint density at radius 3 is 2.68 bits per heavy atom. The second-order valence-corrected chi connectivity index (χ2v) is 5.96. The summed E-state index contributed by atoms with van der Waals surface area (Å²) in [6.07, 6.45) is 3.70. The Morgan fingerprint density at radius 1 is 1.27 bits per heavy atom. The van der Waals surface area contributed by atoms with Gasteiger partial charge in [-0.05, 0) is 58.0 Å². The maximum atomic E-state index is 11.9. The van der Waals surface area contributed by atoms with E-state index >= 15 is 0 Å². The highest BCUT2D eigenvalue weighted by atomic mass is 16.5. The number of anilines is 1. The first-order chi connectivity index (χ1) is 10.6. The maximum Gasteiger partial charge on any atom is 0.338 e. The van der Waals surface area contributed by atoms with Gasteiger partial charge in [-0.25, -0.2) is 4.79 Å². The molecule has 1 aliphatic heterocycles. The lowest BCUT2D eigenvalue weighted by Crippen LogP contribution is -2.33. The van der Waals surface area contributed by atoms with Crippen molar-refractivity contribution in [2.45, 2.75) is 39.2 Å². The first-order valence-corrected chi connectivity index (χ1v) is 8.02. The van der Waals surface area contributed by atoms with Gasteiger partial charge in [-0.3, -0.25) is 4.90 Å². The second kappa shape index (κ2) is 8.03. The van der Waals surface area contributed by atoms with Crippen molar-refractivity contribution in [2.24, 2.45) is 0 Å². The van der Waals surface area contributed by atoms with Gasteiger partial charge in [-0.2, -0.15) is 0 Å². The first-order valence-electron chi connectivity index (χ1n) is 8.02. The fourth-order valence-corrected chi connectivity index (χ4v) is 2.54. The molecule has 1 aromatic carbocycles. The van der Waals surface area contributed by atoms with Crippen molar-refractivity contribution in [1.82, 2.24) is 4.90 Å². The van der Waals surface area contributed by atoms with Crippen LogP contribution < -0.4 is 10.5 Å². The number of nitrogens with two attached hydrogens (primary N) is 1. The smallest absolute Gasteiger partial charge is 0.338 e. The molecule has 1 aliphatic rings. The molecule has 5 nitrogen and oxygen atoms in total. The van der Waals surface area contributed by atoms with E-state index in [1.165, 1.54) is 19.3 Å². The summed E-state index contributed by atoms with van der Waals surface area (Å²) < 4.78 is 10.9. The summed E-state index contributed by atoms with van der Waals surface area (Å²) in [6, 6.07) is 5.01. The molecule has 0 aromatic heterocycles. The Hall–Kier alpha value is -1.75. The molecular weight excluding hydrogens is 280 g/mol. The van der Waals surface area contributed by atoms with E-state index in [0.717, 1.165) is 19.6 Å². The van der Waals surface area contributed by atoms with Crippen LogP contribution in [0.5, 0.6) is 5.75 Å². The monoisotopic (exact) mass is 306 g/mol. The molecule has 0 aliphatic carbocycles. The number of piperidine rings is 1. The zero-order valence-electron chi connectivity index (χ0n) is 13.5. The van der Waals surface area contributed by atoms with Crippen molar-refractivity contribution in [3.8, 4) is 5.75 Å². The largest absolute Gasteiger partial charge is 0.490 e. The van der Waals surface area contributed by atoms with Crippen molar-refractivity contribution in [2.75, 3.05) is 32.0 Å². The molecule has 22 heavy (non-hydrogen) atoms. The molecule has 0 unspecified atom stereocenters. The van der Waals surface area contributed by atoms with E-state index in [9.17, 15) is 4.79 Å². The van der Waals surface area contributed by atoms with E-state index < -0.39 is 0 Å². The van der Waals surface area contributed by atoms with Crippen LogP contribution in [0.25, 0.3) is 0 Å².